The van der Waals surface area contributed by atoms with E-state index in [-0.39, 0.29) is 0 Å². The summed E-state index contributed by atoms with van der Waals surface area (Å²) in [4.78, 5) is 5.49. The molecule has 0 unspecified atom stereocenters. The fraction of sp³-hybridized carbons (Fsp3) is 0.364. The first-order chi connectivity index (χ1) is 14.0. The van der Waals surface area contributed by atoms with E-state index in [1.165, 1.54) is 17.7 Å². The van der Waals surface area contributed by atoms with Gasteiger partial charge in [-0.05, 0) is 56.0 Å². The minimum atomic E-state index is -4.34. The highest BCUT2D eigenvalue weighted by atomic mass is 19.4. The van der Waals surface area contributed by atoms with E-state index in [1.807, 2.05) is 6.07 Å². The number of alkyl halides is 3. The average Bonchev–Trinajstić information content (AvgIpc) is 3.18. The molecule has 2 aromatic carbocycles. The molecule has 0 bridgehead atoms. The van der Waals surface area contributed by atoms with Gasteiger partial charge in [0.25, 0.3) is 0 Å². The van der Waals surface area contributed by atoms with Crippen molar-refractivity contribution in [3.63, 3.8) is 0 Å². The first-order valence-electron chi connectivity index (χ1n) is 9.83. The zero-order chi connectivity index (χ0) is 20.3. The molecule has 0 aliphatic carbocycles. The van der Waals surface area contributed by atoms with E-state index in [4.69, 9.17) is 0 Å². The fourth-order valence-corrected chi connectivity index (χ4v) is 3.82. The van der Waals surface area contributed by atoms with Crippen LogP contribution in [-0.2, 0) is 19.1 Å². The van der Waals surface area contributed by atoms with Gasteiger partial charge in [0, 0.05) is 5.56 Å². The van der Waals surface area contributed by atoms with Gasteiger partial charge in [0.15, 0.2) is 5.82 Å². The van der Waals surface area contributed by atoms with E-state index in [9.17, 15) is 13.2 Å². The molecule has 1 N–H and O–H groups in total. The Labute approximate surface area is 167 Å². The molecule has 29 heavy (non-hydrogen) atoms. The monoisotopic (exact) mass is 400 g/mol. The van der Waals surface area contributed by atoms with Crippen molar-refractivity contribution in [3.8, 4) is 11.4 Å². The molecule has 1 aliphatic heterocycles. The summed E-state index contributed by atoms with van der Waals surface area (Å²) in [6.07, 6.45) is -0.920. The highest BCUT2D eigenvalue weighted by Gasteiger charge is 2.30. The zero-order valence-electron chi connectivity index (χ0n) is 16.0. The van der Waals surface area contributed by atoms with Gasteiger partial charge in [0.05, 0.1) is 12.1 Å². The van der Waals surface area contributed by atoms with E-state index in [0.29, 0.717) is 23.9 Å². The van der Waals surface area contributed by atoms with E-state index in [2.05, 4.69) is 44.3 Å². The number of hydrogen-bond donors (Lipinski definition) is 1. The van der Waals surface area contributed by atoms with Crippen molar-refractivity contribution in [2.24, 2.45) is 5.92 Å². The van der Waals surface area contributed by atoms with Gasteiger partial charge in [-0.25, -0.2) is 0 Å². The van der Waals surface area contributed by atoms with Crippen molar-refractivity contribution >= 4 is 0 Å². The maximum absolute atomic E-state index is 12.7. The summed E-state index contributed by atoms with van der Waals surface area (Å²) in [7, 11) is 0. The standard InChI is InChI=1S/C22H23F3N4/c23-22(24,25)19-8-6-18(7-9-19)21-26-20(27-28-21)15-29-12-10-17(11-13-29)14-16-4-2-1-3-5-16/h1-9,17H,10-15H2,(H,26,27,28). The third kappa shape index (κ3) is 5.03. The molecule has 0 saturated carbocycles. The second-order valence-electron chi connectivity index (χ2n) is 7.60. The van der Waals surface area contributed by atoms with Crippen molar-refractivity contribution in [2.75, 3.05) is 13.1 Å². The van der Waals surface area contributed by atoms with Gasteiger partial charge in [0.2, 0.25) is 0 Å². The van der Waals surface area contributed by atoms with Crippen LogP contribution < -0.4 is 0 Å². The summed E-state index contributed by atoms with van der Waals surface area (Å²) < 4.78 is 38.1. The Balaban J connectivity index is 1.31. The van der Waals surface area contributed by atoms with Crippen LogP contribution in [-0.4, -0.2) is 33.2 Å². The predicted molar refractivity (Wildman–Crippen MR) is 105 cm³/mol. The van der Waals surface area contributed by atoms with E-state index in [1.54, 1.807) is 0 Å². The summed E-state index contributed by atoms with van der Waals surface area (Å²) >= 11 is 0. The van der Waals surface area contributed by atoms with E-state index in [0.717, 1.165) is 50.3 Å². The predicted octanol–water partition coefficient (Wildman–Crippen LogP) is 4.95. The van der Waals surface area contributed by atoms with Crippen LogP contribution in [0.1, 0.15) is 29.8 Å². The lowest BCUT2D eigenvalue weighted by molar-refractivity contribution is -0.137. The first-order valence-corrected chi connectivity index (χ1v) is 9.83. The Kier molecular flexibility index (Phi) is 5.67. The van der Waals surface area contributed by atoms with Gasteiger partial charge >= 0.3 is 6.18 Å². The Morgan fingerprint density at radius 1 is 0.931 bits per heavy atom. The Hall–Kier alpha value is -2.67. The first kappa shape index (κ1) is 19.6. The molecular weight excluding hydrogens is 377 g/mol. The van der Waals surface area contributed by atoms with Crippen LogP contribution in [0, 0.1) is 5.92 Å². The minimum absolute atomic E-state index is 0.493. The highest BCUT2D eigenvalue weighted by Crippen LogP contribution is 2.30. The quantitative estimate of drug-likeness (QED) is 0.659. The van der Waals surface area contributed by atoms with Gasteiger partial charge in [-0.3, -0.25) is 4.90 Å². The van der Waals surface area contributed by atoms with Gasteiger partial charge in [0.1, 0.15) is 5.82 Å². The number of nitrogens with zero attached hydrogens (tertiary/aromatic N) is 3. The van der Waals surface area contributed by atoms with Crippen LogP contribution in [0.2, 0.25) is 0 Å². The average molecular weight is 400 g/mol. The van der Waals surface area contributed by atoms with Crippen LogP contribution in [0.15, 0.2) is 54.6 Å². The molecule has 0 amide bonds. The largest absolute Gasteiger partial charge is 0.416 e. The smallest absolute Gasteiger partial charge is 0.324 e. The van der Waals surface area contributed by atoms with Crippen LogP contribution in [0.5, 0.6) is 0 Å². The van der Waals surface area contributed by atoms with E-state index < -0.39 is 11.7 Å². The van der Waals surface area contributed by atoms with Crippen LogP contribution in [0.25, 0.3) is 11.4 Å². The lowest BCUT2D eigenvalue weighted by Gasteiger charge is -2.31. The molecule has 1 aliphatic rings. The van der Waals surface area contributed by atoms with Crippen molar-refractivity contribution in [1.29, 1.82) is 0 Å². The molecule has 1 fully saturated rings. The van der Waals surface area contributed by atoms with Crippen LogP contribution in [0.3, 0.4) is 0 Å². The molecule has 4 rings (SSSR count). The van der Waals surface area contributed by atoms with E-state index >= 15 is 0 Å². The summed E-state index contributed by atoms with van der Waals surface area (Å²) in [5, 5.41) is 8.28. The minimum Gasteiger partial charge on any atom is -0.324 e. The topological polar surface area (TPSA) is 44.8 Å². The summed E-state index contributed by atoms with van der Waals surface area (Å²) in [5.41, 5.74) is 1.32. The number of aromatic amines is 1. The molecular formula is C22H23F3N4. The lowest BCUT2D eigenvalue weighted by atomic mass is 9.90. The number of rotatable bonds is 5. The van der Waals surface area contributed by atoms with Crippen LogP contribution in [0.4, 0.5) is 13.2 Å². The second-order valence-corrected chi connectivity index (χ2v) is 7.60. The fourth-order valence-electron chi connectivity index (χ4n) is 3.82. The zero-order valence-corrected chi connectivity index (χ0v) is 16.0. The van der Waals surface area contributed by atoms with Crippen LogP contribution >= 0.6 is 0 Å². The van der Waals surface area contributed by atoms with Crippen molar-refractivity contribution in [1.82, 2.24) is 20.1 Å². The molecule has 1 saturated heterocycles. The summed E-state index contributed by atoms with van der Waals surface area (Å²) in [6, 6.07) is 15.6. The summed E-state index contributed by atoms with van der Waals surface area (Å²) in [5.74, 6) is 1.93. The van der Waals surface area contributed by atoms with Crippen molar-refractivity contribution < 1.29 is 13.2 Å². The number of aromatic nitrogens is 3. The van der Waals surface area contributed by atoms with Gasteiger partial charge in [-0.2, -0.15) is 13.2 Å². The number of H-pyrrole nitrogens is 1. The normalized spacial score (nSPS) is 16.2. The number of halogens is 3. The molecule has 152 valence electrons. The SMILES string of the molecule is FC(F)(F)c1ccc(-c2nnc(CN3CCC(Cc4ccccc4)CC3)[nH]2)cc1. The van der Waals surface area contributed by atoms with Gasteiger partial charge < -0.3 is 4.98 Å². The Morgan fingerprint density at radius 3 is 2.28 bits per heavy atom. The van der Waals surface area contributed by atoms with Crippen molar-refractivity contribution in [2.45, 2.75) is 32.0 Å². The molecule has 0 spiro atoms. The Bertz CT molecular complexity index is 911. The number of piperidine rings is 1. The summed E-state index contributed by atoms with van der Waals surface area (Å²) in [6.45, 7) is 2.69. The maximum Gasteiger partial charge on any atom is 0.416 e. The number of hydrogen-bond acceptors (Lipinski definition) is 3. The number of nitrogens with one attached hydrogen (secondary N) is 1. The molecule has 1 aromatic heterocycles. The van der Waals surface area contributed by atoms with Gasteiger partial charge in [-0.1, -0.05) is 42.5 Å². The third-order valence-electron chi connectivity index (χ3n) is 5.47. The highest BCUT2D eigenvalue weighted by molar-refractivity contribution is 5.55. The molecule has 7 heteroatoms. The number of likely N-dealkylation sites (tertiary alicyclic amines) is 1. The molecule has 4 nitrogen and oxygen atoms in total. The number of benzene rings is 2. The van der Waals surface area contributed by atoms with Crippen molar-refractivity contribution in [3.05, 3.63) is 71.5 Å². The molecule has 0 radical (unpaired) electrons. The Morgan fingerprint density at radius 2 is 1.62 bits per heavy atom. The molecule has 2 heterocycles. The lowest BCUT2D eigenvalue weighted by Crippen LogP contribution is -2.34. The molecule has 0 atom stereocenters. The third-order valence-corrected chi connectivity index (χ3v) is 5.47. The van der Waals surface area contributed by atoms with Gasteiger partial charge in [-0.15, -0.1) is 10.2 Å². The maximum atomic E-state index is 12.7. The second kappa shape index (κ2) is 8.37. The molecule has 3 aromatic rings.